The number of carboxylic acid groups (broad SMARTS) is 1. The van der Waals surface area contributed by atoms with E-state index in [0.29, 0.717) is 24.3 Å². The zero-order chi connectivity index (χ0) is 21.5. The van der Waals surface area contributed by atoms with E-state index in [9.17, 15) is 9.90 Å². The van der Waals surface area contributed by atoms with Crippen molar-refractivity contribution < 1.29 is 9.90 Å². The highest BCUT2D eigenvalue weighted by atomic mass is 79.9. The molecule has 0 radical (unpaired) electrons. The lowest BCUT2D eigenvalue weighted by atomic mass is 9.80. The maximum absolute atomic E-state index is 11.3. The normalized spacial score (nSPS) is 20.9. The Morgan fingerprint density at radius 2 is 2.00 bits per heavy atom. The highest BCUT2D eigenvalue weighted by molar-refractivity contribution is 9.10. The van der Waals surface area contributed by atoms with E-state index in [4.69, 9.17) is 10.7 Å². The number of aliphatic carboxylic acids is 1. The standard InChI is InChI=1S/C23H22BrN5O2/c24-19-20(14-5-7-15(8-6-14)23(30)31)28-22-17(12-27-29(22)21(19)25)16-9-10-18(26-11-16)13-3-1-2-4-13/h1,3-4,9-12,14-15H,2,5-8,25H2,(H,30,31)/t14-,15-. The van der Waals surface area contributed by atoms with Crippen molar-refractivity contribution in [2.24, 2.45) is 5.92 Å². The summed E-state index contributed by atoms with van der Waals surface area (Å²) in [6, 6.07) is 4.04. The summed E-state index contributed by atoms with van der Waals surface area (Å²) < 4.78 is 2.38. The average Bonchev–Trinajstić information content (AvgIpc) is 3.47. The Morgan fingerprint density at radius 3 is 2.65 bits per heavy atom. The van der Waals surface area contributed by atoms with E-state index in [0.717, 1.165) is 51.8 Å². The number of carboxylic acids is 1. The van der Waals surface area contributed by atoms with Crippen molar-refractivity contribution in [3.63, 3.8) is 0 Å². The predicted molar refractivity (Wildman–Crippen MR) is 122 cm³/mol. The lowest BCUT2D eigenvalue weighted by Crippen LogP contribution is -2.21. The number of nitrogen functional groups attached to an aromatic ring is 1. The van der Waals surface area contributed by atoms with Crippen LogP contribution in [0.3, 0.4) is 0 Å². The summed E-state index contributed by atoms with van der Waals surface area (Å²) in [6.45, 7) is 0. The first-order valence-corrected chi connectivity index (χ1v) is 11.2. The Kier molecular flexibility index (Phi) is 5.09. The molecular weight excluding hydrogens is 458 g/mol. The Balaban J connectivity index is 1.51. The molecule has 0 saturated heterocycles. The van der Waals surface area contributed by atoms with Gasteiger partial charge in [0.2, 0.25) is 0 Å². The van der Waals surface area contributed by atoms with E-state index in [1.165, 1.54) is 0 Å². The van der Waals surface area contributed by atoms with Gasteiger partial charge in [-0.3, -0.25) is 9.78 Å². The fourth-order valence-electron chi connectivity index (χ4n) is 4.47. The second-order valence-electron chi connectivity index (χ2n) is 8.11. The van der Waals surface area contributed by atoms with Gasteiger partial charge in [0.15, 0.2) is 5.65 Å². The fourth-order valence-corrected chi connectivity index (χ4v) is 5.05. The lowest BCUT2D eigenvalue weighted by Gasteiger charge is -2.26. The molecule has 1 fully saturated rings. The van der Waals surface area contributed by atoms with E-state index >= 15 is 0 Å². The number of hydrogen-bond donors (Lipinski definition) is 2. The van der Waals surface area contributed by atoms with Crippen molar-refractivity contribution in [1.29, 1.82) is 0 Å². The van der Waals surface area contributed by atoms with Crippen molar-refractivity contribution in [2.75, 3.05) is 5.73 Å². The Morgan fingerprint density at radius 1 is 1.19 bits per heavy atom. The number of allylic oxidation sites excluding steroid dienone is 4. The minimum absolute atomic E-state index is 0.168. The Hall–Kier alpha value is -3.00. The maximum Gasteiger partial charge on any atom is 0.306 e. The SMILES string of the molecule is Nc1c(Br)c([C@H]2CC[C@H](C(=O)O)CC2)nc2c(-c3ccc(C4=CCC=C4)nc3)cnn12. The summed E-state index contributed by atoms with van der Waals surface area (Å²) in [6.07, 6.45) is 13.8. The molecule has 2 aliphatic carbocycles. The predicted octanol–water partition coefficient (Wildman–Crippen LogP) is 4.84. The van der Waals surface area contributed by atoms with Crippen molar-refractivity contribution in [3.8, 4) is 11.1 Å². The third-order valence-corrected chi connectivity index (χ3v) is 7.07. The molecule has 3 N–H and O–H groups in total. The van der Waals surface area contributed by atoms with Gasteiger partial charge >= 0.3 is 5.97 Å². The topological polar surface area (TPSA) is 106 Å². The number of pyridine rings is 1. The third kappa shape index (κ3) is 3.54. The van der Waals surface area contributed by atoms with E-state index < -0.39 is 5.97 Å². The summed E-state index contributed by atoms with van der Waals surface area (Å²) in [5.41, 5.74) is 11.8. The zero-order valence-electron chi connectivity index (χ0n) is 16.8. The summed E-state index contributed by atoms with van der Waals surface area (Å²) in [7, 11) is 0. The first-order valence-electron chi connectivity index (χ1n) is 10.4. The number of aromatic nitrogens is 4. The van der Waals surface area contributed by atoms with E-state index in [2.05, 4.69) is 44.2 Å². The number of rotatable bonds is 4. The van der Waals surface area contributed by atoms with Crippen molar-refractivity contribution >= 4 is 38.9 Å². The molecule has 1 saturated carbocycles. The van der Waals surface area contributed by atoms with Crippen LogP contribution in [0.5, 0.6) is 0 Å². The molecule has 0 spiro atoms. The molecule has 3 heterocycles. The van der Waals surface area contributed by atoms with Crippen molar-refractivity contribution in [1.82, 2.24) is 19.6 Å². The minimum atomic E-state index is -0.710. The van der Waals surface area contributed by atoms with Gasteiger partial charge in [-0.05, 0) is 59.7 Å². The highest BCUT2D eigenvalue weighted by Gasteiger charge is 2.30. The van der Waals surface area contributed by atoms with Crippen LogP contribution in [0.4, 0.5) is 5.82 Å². The Bertz CT molecular complexity index is 1220. The highest BCUT2D eigenvalue weighted by Crippen LogP contribution is 2.40. The van der Waals surface area contributed by atoms with Gasteiger partial charge in [-0.15, -0.1) is 0 Å². The molecule has 158 valence electrons. The number of halogens is 1. The molecular formula is C23H22BrN5O2. The quantitative estimate of drug-likeness (QED) is 0.554. The first kappa shape index (κ1) is 19.9. The number of carbonyl (C=O) groups is 1. The van der Waals surface area contributed by atoms with Crippen LogP contribution in [0.25, 0.3) is 22.3 Å². The second-order valence-corrected chi connectivity index (χ2v) is 8.90. The number of fused-ring (bicyclic) bond motifs is 1. The number of hydrogen-bond acceptors (Lipinski definition) is 5. The third-order valence-electron chi connectivity index (χ3n) is 6.25. The molecule has 31 heavy (non-hydrogen) atoms. The molecule has 0 aliphatic heterocycles. The van der Waals surface area contributed by atoms with Gasteiger partial charge in [0, 0.05) is 23.2 Å². The van der Waals surface area contributed by atoms with E-state index in [-0.39, 0.29) is 11.8 Å². The number of nitrogens with two attached hydrogens (primary N) is 1. The van der Waals surface area contributed by atoms with E-state index in [1.807, 2.05) is 18.3 Å². The van der Waals surface area contributed by atoms with Crippen LogP contribution in [0.2, 0.25) is 0 Å². The fraction of sp³-hybridized carbons (Fsp3) is 0.304. The van der Waals surface area contributed by atoms with Gasteiger partial charge in [0.05, 0.1) is 28.0 Å². The molecule has 8 heteroatoms. The molecule has 2 aliphatic rings. The minimum Gasteiger partial charge on any atom is -0.481 e. The van der Waals surface area contributed by atoms with Crippen LogP contribution < -0.4 is 5.73 Å². The first-order chi connectivity index (χ1) is 15.0. The molecule has 3 aromatic heterocycles. The van der Waals surface area contributed by atoms with Crippen LogP contribution in [0, 0.1) is 5.92 Å². The molecule has 0 aromatic carbocycles. The number of nitrogens with zero attached hydrogens (tertiary/aromatic N) is 4. The van der Waals surface area contributed by atoms with Crippen LogP contribution in [-0.4, -0.2) is 30.7 Å². The molecule has 7 nitrogen and oxygen atoms in total. The van der Waals surface area contributed by atoms with Crippen LogP contribution in [-0.2, 0) is 4.79 Å². The molecule has 3 aromatic rings. The van der Waals surface area contributed by atoms with Gasteiger partial charge in [0.25, 0.3) is 0 Å². The van der Waals surface area contributed by atoms with Gasteiger partial charge in [-0.1, -0.05) is 24.3 Å². The van der Waals surface area contributed by atoms with Crippen molar-refractivity contribution in [3.05, 3.63) is 58.6 Å². The summed E-state index contributed by atoms with van der Waals surface area (Å²) >= 11 is 3.60. The maximum atomic E-state index is 11.3. The number of anilines is 1. The van der Waals surface area contributed by atoms with Crippen LogP contribution >= 0.6 is 15.9 Å². The van der Waals surface area contributed by atoms with Crippen molar-refractivity contribution in [2.45, 2.75) is 38.0 Å². The van der Waals surface area contributed by atoms with Gasteiger partial charge in [-0.2, -0.15) is 9.61 Å². The van der Waals surface area contributed by atoms with Gasteiger partial charge in [-0.25, -0.2) is 4.98 Å². The average molecular weight is 480 g/mol. The summed E-state index contributed by atoms with van der Waals surface area (Å²) in [5.74, 6) is -0.312. The smallest absolute Gasteiger partial charge is 0.306 e. The van der Waals surface area contributed by atoms with Gasteiger partial charge in [0.1, 0.15) is 5.82 Å². The van der Waals surface area contributed by atoms with Crippen LogP contribution in [0.15, 0.2) is 47.2 Å². The van der Waals surface area contributed by atoms with Crippen LogP contribution in [0.1, 0.15) is 49.4 Å². The van der Waals surface area contributed by atoms with Gasteiger partial charge < -0.3 is 10.8 Å². The second kappa shape index (κ2) is 7.92. The molecule has 0 amide bonds. The largest absolute Gasteiger partial charge is 0.481 e. The molecule has 5 rings (SSSR count). The monoisotopic (exact) mass is 479 g/mol. The lowest BCUT2D eigenvalue weighted by molar-refractivity contribution is -0.142. The Labute approximate surface area is 187 Å². The molecule has 0 bridgehead atoms. The summed E-state index contributed by atoms with van der Waals surface area (Å²) in [4.78, 5) is 20.9. The van der Waals surface area contributed by atoms with E-state index in [1.54, 1.807) is 10.7 Å². The molecule has 0 atom stereocenters. The molecule has 0 unspecified atom stereocenters. The zero-order valence-corrected chi connectivity index (χ0v) is 18.4. The summed E-state index contributed by atoms with van der Waals surface area (Å²) in [5, 5.41) is 13.7.